The zero-order chi connectivity index (χ0) is 19.0. The van der Waals surface area contributed by atoms with Crippen molar-refractivity contribution in [1.82, 2.24) is 9.47 Å². The highest BCUT2D eigenvalue weighted by atomic mass is 19.1. The van der Waals surface area contributed by atoms with Crippen LogP contribution in [0.25, 0.3) is 0 Å². The second kappa shape index (κ2) is 7.28. The van der Waals surface area contributed by atoms with Crippen LogP contribution in [-0.4, -0.2) is 16.0 Å². The molecule has 4 heteroatoms. The molecule has 0 saturated carbocycles. The summed E-state index contributed by atoms with van der Waals surface area (Å²) in [4.78, 5) is 2.21. The maximum atomic E-state index is 14.3. The summed E-state index contributed by atoms with van der Waals surface area (Å²) in [7, 11) is 0. The molecular formula is C23H24F2N2. The van der Waals surface area contributed by atoms with Crippen molar-refractivity contribution < 1.29 is 8.78 Å². The van der Waals surface area contributed by atoms with E-state index in [1.165, 1.54) is 40.6 Å². The summed E-state index contributed by atoms with van der Waals surface area (Å²) in [6.45, 7) is 6.14. The van der Waals surface area contributed by atoms with E-state index in [2.05, 4.69) is 59.8 Å². The van der Waals surface area contributed by atoms with Crippen molar-refractivity contribution in [2.75, 3.05) is 6.54 Å². The lowest BCUT2D eigenvalue weighted by Crippen LogP contribution is -2.30. The van der Waals surface area contributed by atoms with E-state index in [1.54, 1.807) is 0 Å². The molecule has 0 fully saturated rings. The van der Waals surface area contributed by atoms with Crippen molar-refractivity contribution in [1.29, 1.82) is 0 Å². The van der Waals surface area contributed by atoms with Gasteiger partial charge in [-0.1, -0.05) is 29.8 Å². The van der Waals surface area contributed by atoms with Crippen molar-refractivity contribution in [3.8, 4) is 0 Å². The fourth-order valence-corrected chi connectivity index (χ4v) is 4.11. The monoisotopic (exact) mass is 366 g/mol. The Morgan fingerprint density at radius 3 is 2.52 bits per heavy atom. The lowest BCUT2D eigenvalue weighted by molar-refractivity contribution is 0.213. The molecule has 2 heterocycles. The Balaban J connectivity index is 1.82. The zero-order valence-corrected chi connectivity index (χ0v) is 15.8. The van der Waals surface area contributed by atoms with Crippen molar-refractivity contribution in [3.05, 3.63) is 94.3 Å². The Morgan fingerprint density at radius 1 is 0.963 bits per heavy atom. The minimum atomic E-state index is -0.477. The highest BCUT2D eigenvalue weighted by Crippen LogP contribution is 2.35. The van der Waals surface area contributed by atoms with Crippen molar-refractivity contribution >= 4 is 0 Å². The molecule has 0 N–H and O–H groups in total. The van der Waals surface area contributed by atoms with Crippen LogP contribution in [-0.2, 0) is 13.1 Å². The fraction of sp³-hybridized carbons (Fsp3) is 0.304. The molecule has 0 radical (unpaired) electrons. The van der Waals surface area contributed by atoms with E-state index in [0.29, 0.717) is 0 Å². The summed E-state index contributed by atoms with van der Waals surface area (Å²) in [5, 5.41) is 0. The highest BCUT2D eigenvalue weighted by Gasteiger charge is 2.29. The summed E-state index contributed by atoms with van der Waals surface area (Å²) in [6.07, 6.45) is 3.04. The first-order valence-electron chi connectivity index (χ1n) is 9.43. The largest absolute Gasteiger partial charge is 0.350 e. The molecular weight excluding hydrogens is 342 g/mol. The van der Waals surface area contributed by atoms with Gasteiger partial charge in [0.25, 0.3) is 0 Å². The number of benzene rings is 2. The Labute approximate surface area is 159 Å². The molecule has 0 unspecified atom stereocenters. The molecule has 0 bridgehead atoms. The quantitative estimate of drug-likeness (QED) is 0.604. The van der Waals surface area contributed by atoms with Crippen LogP contribution in [0.5, 0.6) is 0 Å². The van der Waals surface area contributed by atoms with Crippen LogP contribution in [0.4, 0.5) is 8.78 Å². The SMILES string of the molecule is Cc1ccc(C)c([C@H]2c3cccn3CCCN2Cc2c(F)cccc2F)c1. The Kier molecular flexibility index (Phi) is 4.83. The summed E-state index contributed by atoms with van der Waals surface area (Å²) in [6, 6.07) is 14.7. The van der Waals surface area contributed by atoms with Crippen LogP contribution >= 0.6 is 0 Å². The first-order chi connectivity index (χ1) is 13.0. The molecule has 3 aromatic rings. The van der Waals surface area contributed by atoms with Gasteiger partial charge in [-0.2, -0.15) is 0 Å². The van der Waals surface area contributed by atoms with Crippen LogP contribution in [0.15, 0.2) is 54.7 Å². The molecule has 2 aromatic carbocycles. The number of aryl methyl sites for hydroxylation is 3. The smallest absolute Gasteiger partial charge is 0.130 e. The Morgan fingerprint density at radius 2 is 1.74 bits per heavy atom. The maximum absolute atomic E-state index is 14.3. The molecule has 1 atom stereocenters. The third-order valence-electron chi connectivity index (χ3n) is 5.51. The number of rotatable bonds is 3. The van der Waals surface area contributed by atoms with Gasteiger partial charge < -0.3 is 4.57 Å². The molecule has 1 aliphatic rings. The van der Waals surface area contributed by atoms with E-state index in [9.17, 15) is 8.78 Å². The van der Waals surface area contributed by atoms with Gasteiger partial charge in [-0.05, 0) is 55.7 Å². The predicted molar refractivity (Wildman–Crippen MR) is 104 cm³/mol. The van der Waals surface area contributed by atoms with Crippen molar-refractivity contribution in [2.45, 2.75) is 39.4 Å². The summed E-state index contributed by atoms with van der Waals surface area (Å²) in [5.74, 6) is -0.955. The first kappa shape index (κ1) is 17.9. The number of fused-ring (bicyclic) bond motifs is 1. The van der Waals surface area contributed by atoms with Crippen LogP contribution < -0.4 is 0 Å². The number of aromatic nitrogens is 1. The highest BCUT2D eigenvalue weighted by molar-refractivity contribution is 5.38. The minimum absolute atomic E-state index is 0.0265. The molecule has 4 rings (SSSR count). The number of hydrogen-bond acceptors (Lipinski definition) is 1. The second-order valence-electron chi connectivity index (χ2n) is 7.41. The van der Waals surface area contributed by atoms with Gasteiger partial charge in [0, 0.05) is 37.1 Å². The summed E-state index contributed by atoms with van der Waals surface area (Å²) < 4.78 is 31.0. The normalized spacial score (nSPS) is 17.6. The molecule has 140 valence electrons. The van der Waals surface area contributed by atoms with Crippen LogP contribution in [0, 0.1) is 25.5 Å². The molecule has 0 saturated heterocycles. The standard InChI is InChI=1S/C23H24F2N2/c1-16-9-10-17(2)18(14-16)23-22-8-4-11-26(22)12-5-13-27(23)15-19-20(24)6-3-7-21(19)25/h3-4,6-11,14,23H,5,12-13,15H2,1-2H3/t23-/m0/s1. The second-order valence-corrected chi connectivity index (χ2v) is 7.41. The average molecular weight is 366 g/mol. The van der Waals surface area contributed by atoms with Gasteiger partial charge in [0.05, 0.1) is 6.04 Å². The first-order valence-corrected chi connectivity index (χ1v) is 9.43. The number of hydrogen-bond donors (Lipinski definition) is 0. The summed E-state index contributed by atoms with van der Waals surface area (Å²) >= 11 is 0. The molecule has 0 aliphatic carbocycles. The predicted octanol–water partition coefficient (Wildman–Crippen LogP) is 5.38. The molecule has 0 spiro atoms. The van der Waals surface area contributed by atoms with Gasteiger partial charge in [0.1, 0.15) is 11.6 Å². The Hall–Kier alpha value is -2.46. The van der Waals surface area contributed by atoms with Gasteiger partial charge in [0.15, 0.2) is 0 Å². The van der Waals surface area contributed by atoms with E-state index in [4.69, 9.17) is 0 Å². The molecule has 0 amide bonds. The van der Waals surface area contributed by atoms with Crippen LogP contribution in [0.2, 0.25) is 0 Å². The third kappa shape index (κ3) is 3.42. The molecule has 1 aromatic heterocycles. The van der Waals surface area contributed by atoms with Gasteiger partial charge in [-0.3, -0.25) is 4.90 Å². The van der Waals surface area contributed by atoms with E-state index < -0.39 is 11.6 Å². The van der Waals surface area contributed by atoms with E-state index >= 15 is 0 Å². The van der Waals surface area contributed by atoms with Gasteiger partial charge in [-0.15, -0.1) is 0 Å². The van der Waals surface area contributed by atoms with E-state index in [1.807, 2.05) is 0 Å². The van der Waals surface area contributed by atoms with Crippen LogP contribution in [0.3, 0.4) is 0 Å². The van der Waals surface area contributed by atoms with E-state index in [0.717, 1.165) is 19.5 Å². The maximum Gasteiger partial charge on any atom is 0.130 e. The van der Waals surface area contributed by atoms with Gasteiger partial charge >= 0.3 is 0 Å². The fourth-order valence-electron chi connectivity index (χ4n) is 4.11. The lowest BCUT2D eigenvalue weighted by atomic mass is 9.95. The third-order valence-corrected chi connectivity index (χ3v) is 5.51. The van der Waals surface area contributed by atoms with E-state index in [-0.39, 0.29) is 18.2 Å². The number of halogens is 2. The summed E-state index contributed by atoms with van der Waals surface area (Å²) in [5.41, 5.74) is 4.91. The van der Waals surface area contributed by atoms with Crippen molar-refractivity contribution in [3.63, 3.8) is 0 Å². The molecule has 2 nitrogen and oxygen atoms in total. The number of nitrogens with zero attached hydrogens (tertiary/aromatic N) is 2. The minimum Gasteiger partial charge on any atom is -0.350 e. The molecule has 1 aliphatic heterocycles. The van der Waals surface area contributed by atoms with Gasteiger partial charge in [-0.25, -0.2) is 8.78 Å². The average Bonchev–Trinajstić information content (AvgIpc) is 3.02. The van der Waals surface area contributed by atoms with Gasteiger partial charge in [0.2, 0.25) is 0 Å². The van der Waals surface area contributed by atoms with Crippen molar-refractivity contribution in [2.24, 2.45) is 0 Å². The lowest BCUT2D eigenvalue weighted by Gasteiger charge is -2.32. The topological polar surface area (TPSA) is 8.17 Å². The molecule has 27 heavy (non-hydrogen) atoms. The zero-order valence-electron chi connectivity index (χ0n) is 15.8. The Bertz CT molecular complexity index is 941. The van der Waals surface area contributed by atoms with Crippen LogP contribution in [0.1, 0.15) is 40.4 Å².